The van der Waals surface area contributed by atoms with E-state index in [4.69, 9.17) is 9.47 Å². The summed E-state index contributed by atoms with van der Waals surface area (Å²) < 4.78 is 9.81. The first-order chi connectivity index (χ1) is 9.96. The summed E-state index contributed by atoms with van der Waals surface area (Å²) in [7, 11) is 2.94. The van der Waals surface area contributed by atoms with E-state index in [9.17, 15) is 9.59 Å². The van der Waals surface area contributed by atoms with Crippen molar-refractivity contribution in [3.05, 3.63) is 35.4 Å². The monoisotopic (exact) mass is 293 g/mol. The van der Waals surface area contributed by atoms with E-state index in [0.717, 1.165) is 12.0 Å². The third kappa shape index (κ3) is 4.56. The number of esters is 1. The van der Waals surface area contributed by atoms with Crippen molar-refractivity contribution in [2.24, 2.45) is 0 Å². The van der Waals surface area contributed by atoms with Crippen molar-refractivity contribution in [3.63, 3.8) is 0 Å². The molecule has 0 aliphatic rings. The number of ether oxygens (including phenoxy) is 2. The normalized spacial score (nSPS) is 13.3. The Labute approximate surface area is 125 Å². The van der Waals surface area contributed by atoms with Gasteiger partial charge in [0.05, 0.1) is 13.7 Å². The van der Waals surface area contributed by atoms with Crippen LogP contribution in [-0.2, 0) is 20.9 Å². The highest BCUT2D eigenvalue weighted by Crippen LogP contribution is 2.16. The Morgan fingerprint density at radius 1 is 1.19 bits per heavy atom. The Morgan fingerprint density at radius 2 is 1.81 bits per heavy atom. The number of rotatable bonds is 7. The summed E-state index contributed by atoms with van der Waals surface area (Å²) in [5, 5.41) is 2.77. The molecule has 5 nitrogen and oxygen atoms in total. The fraction of sp³-hybridized carbons (Fsp3) is 0.500. The minimum absolute atomic E-state index is 0.291. The number of methoxy groups -OCH3 is 2. The van der Waals surface area contributed by atoms with Gasteiger partial charge in [0.15, 0.2) is 0 Å². The molecule has 1 rings (SSSR count). The standard InChI is InChI=1S/C16H23NO4/c1-5-10-16(2,15(19)21-4)17-14(18)13-8-6-12(7-9-13)11-20-3/h6-9H,5,10-11H2,1-4H3,(H,17,18)/t16-/m0/s1. The van der Waals surface area contributed by atoms with Crippen LogP contribution in [0, 0.1) is 0 Å². The molecule has 1 amide bonds. The van der Waals surface area contributed by atoms with Gasteiger partial charge in [0, 0.05) is 12.7 Å². The molecule has 0 radical (unpaired) electrons. The van der Waals surface area contributed by atoms with Crippen LogP contribution >= 0.6 is 0 Å². The highest BCUT2D eigenvalue weighted by molar-refractivity contribution is 5.98. The zero-order valence-electron chi connectivity index (χ0n) is 13.1. The lowest BCUT2D eigenvalue weighted by atomic mass is 9.95. The number of carbonyl (C=O) groups is 2. The van der Waals surface area contributed by atoms with Gasteiger partial charge in [-0.3, -0.25) is 4.79 Å². The van der Waals surface area contributed by atoms with Crippen molar-refractivity contribution in [1.29, 1.82) is 0 Å². The van der Waals surface area contributed by atoms with Gasteiger partial charge in [-0.25, -0.2) is 4.79 Å². The van der Waals surface area contributed by atoms with Crippen molar-refractivity contribution in [2.45, 2.75) is 38.8 Å². The summed E-state index contributed by atoms with van der Waals surface area (Å²) >= 11 is 0. The van der Waals surface area contributed by atoms with Crippen molar-refractivity contribution in [2.75, 3.05) is 14.2 Å². The molecule has 0 bridgehead atoms. The lowest BCUT2D eigenvalue weighted by molar-refractivity contribution is -0.147. The number of hydrogen-bond acceptors (Lipinski definition) is 4. The maximum Gasteiger partial charge on any atom is 0.331 e. The molecule has 1 aromatic carbocycles. The number of carbonyl (C=O) groups excluding carboxylic acids is 2. The Kier molecular flexibility index (Phi) is 6.37. The van der Waals surface area contributed by atoms with Crippen LogP contribution in [0.15, 0.2) is 24.3 Å². The van der Waals surface area contributed by atoms with E-state index in [0.29, 0.717) is 18.6 Å². The Morgan fingerprint density at radius 3 is 2.29 bits per heavy atom. The van der Waals surface area contributed by atoms with Gasteiger partial charge in [-0.15, -0.1) is 0 Å². The molecule has 0 unspecified atom stereocenters. The molecule has 0 saturated carbocycles. The van der Waals surface area contributed by atoms with E-state index in [1.165, 1.54) is 7.11 Å². The number of nitrogens with one attached hydrogen (secondary N) is 1. The van der Waals surface area contributed by atoms with E-state index in [2.05, 4.69) is 5.32 Å². The van der Waals surface area contributed by atoms with Crippen LogP contribution in [0.1, 0.15) is 42.6 Å². The molecule has 1 N–H and O–H groups in total. The van der Waals surface area contributed by atoms with Crippen LogP contribution in [0.3, 0.4) is 0 Å². The van der Waals surface area contributed by atoms with Crippen molar-refractivity contribution in [3.8, 4) is 0 Å². The SMILES string of the molecule is CCC[C@](C)(NC(=O)c1ccc(COC)cc1)C(=O)OC. The lowest BCUT2D eigenvalue weighted by Crippen LogP contribution is -2.52. The zero-order valence-corrected chi connectivity index (χ0v) is 13.1. The van der Waals surface area contributed by atoms with Crippen molar-refractivity contribution in [1.82, 2.24) is 5.32 Å². The number of amides is 1. The average molecular weight is 293 g/mol. The molecular formula is C16H23NO4. The summed E-state index contributed by atoms with van der Waals surface area (Å²) in [6, 6.07) is 7.09. The predicted octanol–water partition coefficient (Wildman–Crippen LogP) is 2.29. The first-order valence-electron chi connectivity index (χ1n) is 6.95. The molecule has 0 aliphatic heterocycles. The van der Waals surface area contributed by atoms with Gasteiger partial charge in [-0.05, 0) is 31.0 Å². The molecule has 0 fully saturated rings. The summed E-state index contributed by atoms with van der Waals surface area (Å²) in [5.41, 5.74) is 0.477. The van der Waals surface area contributed by atoms with Gasteiger partial charge in [0.1, 0.15) is 5.54 Å². The second-order valence-electron chi connectivity index (χ2n) is 5.16. The number of benzene rings is 1. The molecule has 1 aromatic rings. The molecule has 116 valence electrons. The van der Waals surface area contributed by atoms with E-state index < -0.39 is 11.5 Å². The first kappa shape index (κ1) is 17.2. The molecular weight excluding hydrogens is 270 g/mol. The fourth-order valence-corrected chi connectivity index (χ4v) is 2.18. The second kappa shape index (κ2) is 7.78. The van der Waals surface area contributed by atoms with Crippen LogP contribution in [0.25, 0.3) is 0 Å². The van der Waals surface area contributed by atoms with E-state index in [-0.39, 0.29) is 5.91 Å². The first-order valence-corrected chi connectivity index (χ1v) is 6.95. The van der Waals surface area contributed by atoms with Gasteiger partial charge < -0.3 is 14.8 Å². The van der Waals surface area contributed by atoms with Crippen molar-refractivity contribution >= 4 is 11.9 Å². The van der Waals surface area contributed by atoms with Crippen LogP contribution in [0.4, 0.5) is 0 Å². The van der Waals surface area contributed by atoms with Crippen LogP contribution in [-0.4, -0.2) is 31.6 Å². The molecule has 1 atom stereocenters. The average Bonchev–Trinajstić information content (AvgIpc) is 2.47. The van der Waals surface area contributed by atoms with Crippen molar-refractivity contribution < 1.29 is 19.1 Å². The Bertz CT molecular complexity index is 484. The third-order valence-electron chi connectivity index (χ3n) is 3.30. The van der Waals surface area contributed by atoms with Crippen LogP contribution in [0.5, 0.6) is 0 Å². The summed E-state index contributed by atoms with van der Waals surface area (Å²) in [4.78, 5) is 24.2. The minimum atomic E-state index is -1.01. The van der Waals surface area contributed by atoms with Gasteiger partial charge in [-0.2, -0.15) is 0 Å². The third-order valence-corrected chi connectivity index (χ3v) is 3.30. The lowest BCUT2D eigenvalue weighted by Gasteiger charge is -2.27. The van der Waals surface area contributed by atoms with Crippen LogP contribution in [0.2, 0.25) is 0 Å². The van der Waals surface area contributed by atoms with E-state index in [1.54, 1.807) is 26.2 Å². The highest BCUT2D eigenvalue weighted by atomic mass is 16.5. The molecule has 5 heteroatoms. The molecule has 0 aliphatic carbocycles. The molecule has 0 aromatic heterocycles. The Hall–Kier alpha value is -1.88. The van der Waals surface area contributed by atoms with Crippen LogP contribution < -0.4 is 5.32 Å². The zero-order chi connectivity index (χ0) is 15.9. The maximum atomic E-state index is 12.3. The molecule has 0 spiro atoms. The van der Waals surface area contributed by atoms with E-state index in [1.807, 2.05) is 19.1 Å². The summed E-state index contributed by atoms with van der Waals surface area (Å²) in [6.45, 7) is 4.13. The van der Waals surface area contributed by atoms with Gasteiger partial charge in [-0.1, -0.05) is 25.5 Å². The summed E-state index contributed by atoms with van der Waals surface area (Å²) in [6.07, 6.45) is 1.28. The largest absolute Gasteiger partial charge is 0.467 e. The second-order valence-corrected chi connectivity index (χ2v) is 5.16. The fourth-order valence-electron chi connectivity index (χ4n) is 2.18. The maximum absolute atomic E-state index is 12.3. The molecule has 0 heterocycles. The highest BCUT2D eigenvalue weighted by Gasteiger charge is 2.35. The minimum Gasteiger partial charge on any atom is -0.467 e. The molecule has 0 saturated heterocycles. The van der Waals surface area contributed by atoms with Gasteiger partial charge >= 0.3 is 5.97 Å². The topological polar surface area (TPSA) is 64.6 Å². The number of hydrogen-bond donors (Lipinski definition) is 1. The molecule has 21 heavy (non-hydrogen) atoms. The van der Waals surface area contributed by atoms with Gasteiger partial charge in [0.25, 0.3) is 5.91 Å². The quantitative estimate of drug-likeness (QED) is 0.783. The van der Waals surface area contributed by atoms with Gasteiger partial charge in [0.2, 0.25) is 0 Å². The predicted molar refractivity (Wildman–Crippen MR) is 80.0 cm³/mol. The van der Waals surface area contributed by atoms with E-state index >= 15 is 0 Å². The Balaban J connectivity index is 2.84. The summed E-state index contributed by atoms with van der Waals surface area (Å²) in [5.74, 6) is -0.728. The smallest absolute Gasteiger partial charge is 0.331 e.